The maximum atomic E-state index is 13.4. The molecule has 0 saturated heterocycles. The van der Waals surface area contributed by atoms with E-state index in [0.717, 1.165) is 57.1 Å². The number of aliphatic hydroxyl groups is 1. The first-order chi connectivity index (χ1) is 43.9. The minimum atomic E-state index is -1.35. The van der Waals surface area contributed by atoms with E-state index in [9.17, 15) is 72.9 Å². The second-order valence-corrected chi connectivity index (χ2v) is 24.5. The van der Waals surface area contributed by atoms with Gasteiger partial charge in [-0.25, -0.2) is 9.78 Å². The molecule has 26 nitrogen and oxygen atoms in total. The lowest BCUT2D eigenvalue weighted by Crippen LogP contribution is -2.48. The van der Waals surface area contributed by atoms with Gasteiger partial charge in [-0.3, -0.25) is 52.7 Å². The van der Waals surface area contributed by atoms with E-state index < -0.39 is 70.9 Å². The Bertz CT molecular complexity index is 2330. The number of aromatic amines is 1. The van der Waals surface area contributed by atoms with Crippen molar-refractivity contribution >= 4 is 70.5 Å². The minimum absolute atomic E-state index is 0.0275. The molecule has 0 spiro atoms. The number of aryl methyl sites for hydroxylation is 1. The van der Waals surface area contributed by atoms with E-state index in [1.165, 1.54) is 52.3 Å². The number of H-pyrrole nitrogens is 1. The first-order valence-corrected chi connectivity index (χ1v) is 33.3. The number of aliphatic hydroxyl groups excluding tert-OH is 1. The molecule has 524 valence electrons. The summed E-state index contributed by atoms with van der Waals surface area (Å²) in [6.07, 6.45) is 19.0. The third-order valence-corrected chi connectivity index (χ3v) is 15.7. The van der Waals surface area contributed by atoms with Crippen molar-refractivity contribution in [2.45, 2.75) is 245 Å². The summed E-state index contributed by atoms with van der Waals surface area (Å²) in [7, 11) is 0. The fraction of sp³-hybridized carbons (Fsp3) is 0.773. The van der Waals surface area contributed by atoms with Crippen LogP contribution in [0, 0.1) is 17.3 Å². The number of unbranched alkanes of at least 4 members (excludes halogenated alkanes) is 14. The van der Waals surface area contributed by atoms with E-state index in [2.05, 4.69) is 31.2 Å². The van der Waals surface area contributed by atoms with Gasteiger partial charge in [0, 0.05) is 101 Å². The van der Waals surface area contributed by atoms with Gasteiger partial charge in [-0.05, 0) is 71.6 Å². The monoisotopic (exact) mass is 1310 g/mol. The van der Waals surface area contributed by atoms with E-state index in [1.807, 2.05) is 0 Å². The molecule has 1 heterocycles. The van der Waals surface area contributed by atoms with Gasteiger partial charge >= 0.3 is 17.9 Å². The second-order valence-electron chi connectivity index (χ2n) is 24.5. The zero-order valence-corrected chi connectivity index (χ0v) is 55.3. The SMILES string of the molecule is CC(=O)[C@@H](NC(=O)[C@H](CCCCNC(=O)COCCOCCNC(=O)COCCOCCCC(=O)CC[C@H](NC(=O)CC[C@H](CC(=O)CCCCCCCCCCCCCCCCC(=O)O)C(=O)O)C(=O)O)CCC(=O)C(C)(C)CC(=O)CCc1cnc[nH]1)[C@@H](C)O. The van der Waals surface area contributed by atoms with Crippen molar-refractivity contribution in [3.05, 3.63) is 18.2 Å². The number of nitrogens with one attached hydrogen (secondary N) is 5. The van der Waals surface area contributed by atoms with Crippen LogP contribution in [-0.4, -0.2) is 185 Å². The van der Waals surface area contributed by atoms with Gasteiger partial charge in [0.2, 0.25) is 23.6 Å². The first kappa shape index (κ1) is 83.7. The fourth-order valence-electron chi connectivity index (χ4n) is 10.2. The molecule has 0 fully saturated rings. The van der Waals surface area contributed by atoms with Gasteiger partial charge in [-0.2, -0.15) is 0 Å². The summed E-state index contributed by atoms with van der Waals surface area (Å²) in [6, 6.07) is -2.46. The quantitative estimate of drug-likeness (QED) is 0.0307. The molecule has 0 aliphatic heterocycles. The number of amides is 4. The number of aromatic nitrogens is 2. The highest BCUT2D eigenvalue weighted by Crippen LogP contribution is 2.28. The van der Waals surface area contributed by atoms with Crippen LogP contribution in [0.4, 0.5) is 0 Å². The van der Waals surface area contributed by atoms with E-state index in [4.69, 9.17) is 24.1 Å². The molecular formula is C66H110N6O20. The molecule has 0 aliphatic rings. The number of ketones is 5. The van der Waals surface area contributed by atoms with Crippen molar-refractivity contribution in [1.82, 2.24) is 31.2 Å². The Hall–Kier alpha value is -6.35. The average Bonchev–Trinajstić information content (AvgIpc) is 1.17. The van der Waals surface area contributed by atoms with Crippen molar-refractivity contribution in [2.24, 2.45) is 17.3 Å². The van der Waals surface area contributed by atoms with E-state index in [0.29, 0.717) is 45.1 Å². The van der Waals surface area contributed by atoms with E-state index in [-0.39, 0.29) is 171 Å². The molecule has 4 amide bonds. The summed E-state index contributed by atoms with van der Waals surface area (Å²) in [5.74, 6) is -8.00. The molecule has 0 unspecified atom stereocenters. The van der Waals surface area contributed by atoms with Crippen molar-refractivity contribution in [2.75, 3.05) is 65.9 Å². The maximum absolute atomic E-state index is 13.4. The van der Waals surface area contributed by atoms with Gasteiger partial charge < -0.3 is 65.6 Å². The van der Waals surface area contributed by atoms with Crippen LogP contribution < -0.4 is 21.3 Å². The number of hydrogen-bond acceptors (Lipinski definition) is 18. The molecule has 1 rings (SSSR count). The summed E-state index contributed by atoms with van der Waals surface area (Å²) >= 11 is 0. The van der Waals surface area contributed by atoms with Gasteiger partial charge in [0.15, 0.2) is 5.78 Å². The summed E-state index contributed by atoms with van der Waals surface area (Å²) in [5, 5.41) is 48.5. The van der Waals surface area contributed by atoms with Crippen LogP contribution in [0.1, 0.15) is 226 Å². The van der Waals surface area contributed by atoms with Crippen LogP contribution >= 0.6 is 0 Å². The van der Waals surface area contributed by atoms with Crippen molar-refractivity contribution in [3.63, 3.8) is 0 Å². The fourth-order valence-corrected chi connectivity index (χ4v) is 10.2. The number of aliphatic carboxylic acids is 3. The van der Waals surface area contributed by atoms with E-state index in [1.54, 1.807) is 20.0 Å². The Morgan fingerprint density at radius 3 is 1.61 bits per heavy atom. The van der Waals surface area contributed by atoms with Crippen molar-refractivity contribution in [3.8, 4) is 0 Å². The minimum Gasteiger partial charge on any atom is -0.481 e. The zero-order valence-electron chi connectivity index (χ0n) is 55.3. The molecule has 0 saturated carbocycles. The number of ether oxygens (including phenoxy) is 4. The molecule has 1 aromatic rings. The Balaban J connectivity index is 2.16. The normalized spacial score (nSPS) is 13.1. The zero-order chi connectivity index (χ0) is 68.4. The highest BCUT2D eigenvalue weighted by atomic mass is 16.5. The van der Waals surface area contributed by atoms with Crippen LogP contribution in [0.25, 0.3) is 0 Å². The molecule has 92 heavy (non-hydrogen) atoms. The molecule has 26 heteroatoms. The predicted octanol–water partition coefficient (Wildman–Crippen LogP) is 6.68. The second kappa shape index (κ2) is 52.1. The van der Waals surface area contributed by atoms with Crippen molar-refractivity contribution in [1.29, 1.82) is 0 Å². The number of carboxylic acids is 3. The largest absolute Gasteiger partial charge is 0.481 e. The first-order valence-electron chi connectivity index (χ1n) is 33.3. The number of carboxylic acid groups (broad SMARTS) is 3. The predicted molar refractivity (Wildman–Crippen MR) is 340 cm³/mol. The van der Waals surface area contributed by atoms with Crippen LogP contribution in [0.3, 0.4) is 0 Å². The van der Waals surface area contributed by atoms with E-state index >= 15 is 0 Å². The smallest absolute Gasteiger partial charge is 0.326 e. The van der Waals surface area contributed by atoms with Gasteiger partial charge in [0.1, 0.15) is 48.4 Å². The lowest BCUT2D eigenvalue weighted by Gasteiger charge is -2.25. The molecular weight excluding hydrogens is 1200 g/mol. The number of carbonyl (C=O) groups excluding carboxylic acids is 9. The third-order valence-electron chi connectivity index (χ3n) is 15.7. The number of hydrogen-bond donors (Lipinski definition) is 9. The standard InChI is InChI=1S/C66H110N6O20/c1-48(73)62(49(2)74)72-63(84)50(26-32-57(78)66(3,4)43-55(77)29-28-52-44-67-47-70-52)22-19-20-34-68-59(80)45-92-41-39-90-37-35-69-60(81)46-91-40-38-89-36-21-24-53(75)30-31-56(65(87)88)71-58(79)33-27-51(64(85)86)42-54(76)23-17-15-13-11-9-7-5-6-8-10-12-14-16-18-25-61(82)83/h44,47-48,50-51,56,62,73H,5-43,45-46H2,1-4H3,(H,67,70)(H,68,80)(H,69,81)(H,71,79)(H,72,84)(H,82,83)(H,85,86)(H,87,88)/t48-,50-,51-,56+,62+/m1/s1. The van der Waals surface area contributed by atoms with Gasteiger partial charge in [0.05, 0.1) is 51.4 Å². The number of nitrogens with zero attached hydrogens (tertiary/aromatic N) is 1. The molecule has 0 radical (unpaired) electrons. The van der Waals surface area contributed by atoms with Crippen LogP contribution in [-0.2, 0) is 82.9 Å². The third kappa shape index (κ3) is 45.0. The van der Waals surface area contributed by atoms with Crippen LogP contribution in [0.5, 0.6) is 0 Å². The van der Waals surface area contributed by atoms with Crippen LogP contribution in [0.2, 0.25) is 0 Å². The molecule has 9 N–H and O–H groups in total. The summed E-state index contributed by atoms with van der Waals surface area (Å²) < 4.78 is 21.6. The Labute approximate surface area is 543 Å². The highest BCUT2D eigenvalue weighted by molar-refractivity contribution is 5.92. The van der Waals surface area contributed by atoms with Gasteiger partial charge in [-0.1, -0.05) is 97.3 Å². The van der Waals surface area contributed by atoms with Crippen molar-refractivity contribution < 1.29 is 96.9 Å². The Morgan fingerprint density at radius 2 is 1.07 bits per heavy atom. The maximum Gasteiger partial charge on any atom is 0.326 e. The summed E-state index contributed by atoms with van der Waals surface area (Å²) in [4.78, 5) is 155. The number of carbonyl (C=O) groups is 12. The number of Topliss-reactive ketones (excluding diaryl/α,β-unsaturated/α-hetero) is 5. The summed E-state index contributed by atoms with van der Waals surface area (Å²) in [5.41, 5.74) is -0.133. The molecule has 5 atom stereocenters. The van der Waals surface area contributed by atoms with Crippen LogP contribution in [0.15, 0.2) is 12.5 Å². The number of rotatable bonds is 63. The van der Waals surface area contributed by atoms with Gasteiger partial charge in [-0.15, -0.1) is 0 Å². The average molecular weight is 1310 g/mol. The molecule has 0 aliphatic carbocycles. The number of imidazole rings is 1. The molecule has 0 aromatic carbocycles. The summed E-state index contributed by atoms with van der Waals surface area (Å²) in [6.45, 7) is 7.03. The lowest BCUT2D eigenvalue weighted by molar-refractivity contribution is -0.145. The Morgan fingerprint density at radius 1 is 0.522 bits per heavy atom. The highest BCUT2D eigenvalue weighted by Gasteiger charge is 2.33. The topological polar surface area (TPSA) is 399 Å². The Kier molecular flexibility index (Phi) is 47.4. The molecule has 0 bridgehead atoms. The van der Waals surface area contributed by atoms with Gasteiger partial charge in [0.25, 0.3) is 0 Å². The molecule has 1 aromatic heterocycles. The lowest BCUT2D eigenvalue weighted by atomic mass is 9.79.